The largest absolute Gasteiger partial charge is 0.490 e. The number of rotatable bonds is 7. The quantitative estimate of drug-likeness (QED) is 0.553. The molecule has 2 aromatic carbocycles. The topological polar surface area (TPSA) is 112 Å². The first-order valence-corrected chi connectivity index (χ1v) is 12.4. The second kappa shape index (κ2) is 12.4. The van der Waals surface area contributed by atoms with Crippen molar-refractivity contribution in [2.24, 2.45) is 0 Å². The molecule has 1 aliphatic heterocycles. The number of hydrogen-bond donors (Lipinski definition) is 2. The van der Waals surface area contributed by atoms with Crippen LogP contribution in [0.5, 0.6) is 5.75 Å². The summed E-state index contributed by atoms with van der Waals surface area (Å²) in [5, 5.41) is 22.5. The molecule has 3 rings (SSSR count). The number of nitrogens with zero attached hydrogens (tertiary/aromatic N) is 2. The molecular formula is C29H35N3O5. The zero-order valence-corrected chi connectivity index (χ0v) is 21.9. The molecule has 0 aliphatic carbocycles. The fraction of sp³-hybridized carbons (Fsp3) is 0.414. The summed E-state index contributed by atoms with van der Waals surface area (Å²) in [6.07, 6.45) is 3.86. The van der Waals surface area contributed by atoms with Crippen LogP contribution in [-0.4, -0.2) is 52.9 Å². The summed E-state index contributed by atoms with van der Waals surface area (Å²) in [7, 11) is 0. The molecule has 1 heterocycles. The summed E-state index contributed by atoms with van der Waals surface area (Å²) in [5.74, 6) is 0.431. The number of ether oxygens (including phenoxy) is 2. The van der Waals surface area contributed by atoms with Gasteiger partial charge in [-0.1, -0.05) is 24.3 Å². The molecule has 0 radical (unpaired) electrons. The lowest BCUT2D eigenvalue weighted by Gasteiger charge is -2.33. The molecule has 0 aromatic heterocycles. The van der Waals surface area contributed by atoms with Crippen LogP contribution in [0.15, 0.2) is 48.5 Å². The Labute approximate surface area is 218 Å². The third-order valence-electron chi connectivity index (χ3n) is 5.74. The van der Waals surface area contributed by atoms with Gasteiger partial charge in [-0.3, -0.25) is 4.79 Å². The maximum absolute atomic E-state index is 12.3. The number of nitriles is 1. The Morgan fingerprint density at radius 3 is 2.59 bits per heavy atom. The number of nitrogens with one attached hydrogen (secondary N) is 1. The molecule has 0 spiro atoms. The first-order chi connectivity index (χ1) is 17.5. The van der Waals surface area contributed by atoms with Gasteiger partial charge in [-0.2, -0.15) is 5.26 Å². The lowest BCUT2D eigenvalue weighted by atomic mass is 10.0. The number of likely N-dealkylation sites (tertiary alicyclic amines) is 1. The van der Waals surface area contributed by atoms with Gasteiger partial charge in [0.15, 0.2) is 0 Å². The maximum atomic E-state index is 12.3. The zero-order chi connectivity index (χ0) is 27.0. The number of hydrogen-bond acceptors (Lipinski definition) is 6. The molecule has 1 fully saturated rings. The first-order valence-electron chi connectivity index (χ1n) is 12.4. The van der Waals surface area contributed by atoms with Crippen LogP contribution < -0.4 is 10.1 Å². The Hall–Kier alpha value is -3.83. The molecule has 2 N–H and O–H groups in total. The highest BCUT2D eigenvalue weighted by atomic mass is 16.6. The van der Waals surface area contributed by atoms with Crippen LogP contribution in [0.1, 0.15) is 57.2 Å². The Balaban J connectivity index is 1.65. The van der Waals surface area contributed by atoms with Crippen LogP contribution >= 0.6 is 0 Å². The van der Waals surface area contributed by atoms with E-state index < -0.39 is 11.7 Å². The molecule has 37 heavy (non-hydrogen) atoms. The SMILES string of the molecule is CC(=O)Nc1ccc(OC2CCN(C(=O)OC(C)(C)C)CC2)cc1CC(O)/C=C/c1cccc(C#N)c1. The highest BCUT2D eigenvalue weighted by molar-refractivity contribution is 5.89. The number of carbonyl (C=O) groups is 2. The molecule has 0 bridgehead atoms. The van der Waals surface area contributed by atoms with Gasteiger partial charge in [0.2, 0.25) is 5.91 Å². The van der Waals surface area contributed by atoms with Gasteiger partial charge in [0.1, 0.15) is 17.5 Å². The van der Waals surface area contributed by atoms with Crippen LogP contribution in [-0.2, 0) is 16.0 Å². The smallest absolute Gasteiger partial charge is 0.410 e. The lowest BCUT2D eigenvalue weighted by molar-refractivity contribution is -0.114. The third-order valence-corrected chi connectivity index (χ3v) is 5.74. The van der Waals surface area contributed by atoms with Crippen LogP contribution in [0, 0.1) is 11.3 Å². The fourth-order valence-corrected chi connectivity index (χ4v) is 4.03. The summed E-state index contributed by atoms with van der Waals surface area (Å²) in [5.41, 5.74) is 2.18. The van der Waals surface area contributed by atoms with Crippen molar-refractivity contribution in [2.45, 2.75) is 64.8 Å². The number of carbonyl (C=O) groups excluding carboxylic acids is 2. The summed E-state index contributed by atoms with van der Waals surface area (Å²) < 4.78 is 11.7. The van der Waals surface area contributed by atoms with Crippen LogP contribution in [0.3, 0.4) is 0 Å². The van der Waals surface area contributed by atoms with Gasteiger partial charge < -0.3 is 24.8 Å². The highest BCUT2D eigenvalue weighted by Crippen LogP contribution is 2.27. The molecule has 1 unspecified atom stereocenters. The Bertz CT molecular complexity index is 1170. The van der Waals surface area contributed by atoms with Crippen LogP contribution in [0.4, 0.5) is 10.5 Å². The third kappa shape index (κ3) is 8.96. The van der Waals surface area contributed by atoms with Crippen molar-refractivity contribution in [3.63, 3.8) is 0 Å². The molecule has 0 saturated carbocycles. The van der Waals surface area contributed by atoms with Crippen molar-refractivity contribution in [2.75, 3.05) is 18.4 Å². The average molecular weight is 506 g/mol. The van der Waals surface area contributed by atoms with Crippen molar-refractivity contribution < 1.29 is 24.2 Å². The molecule has 2 aromatic rings. The van der Waals surface area contributed by atoms with E-state index in [0.29, 0.717) is 42.9 Å². The van der Waals surface area contributed by atoms with E-state index in [9.17, 15) is 14.7 Å². The normalized spacial score (nSPS) is 15.2. The minimum absolute atomic E-state index is 0.0598. The number of benzene rings is 2. The van der Waals surface area contributed by atoms with Gasteiger partial charge in [-0.25, -0.2) is 4.79 Å². The van der Waals surface area contributed by atoms with E-state index in [1.807, 2.05) is 32.9 Å². The average Bonchev–Trinajstić information content (AvgIpc) is 2.83. The summed E-state index contributed by atoms with van der Waals surface area (Å²) in [6, 6.07) is 14.6. The standard InChI is InChI=1S/C29H35N3O5/c1-20(33)31-27-11-10-26(36-25-12-14-32(15-13-25)28(35)37-29(2,3)4)18-23(27)17-24(34)9-8-21-6-5-7-22(16-21)19-30/h5-11,16,18,24-25,34H,12-15,17H2,1-4H3,(H,31,33)/b9-8+. The van der Waals surface area contributed by atoms with E-state index in [1.54, 1.807) is 47.4 Å². The van der Waals surface area contributed by atoms with Gasteiger partial charge in [-0.05, 0) is 62.2 Å². The van der Waals surface area contributed by atoms with E-state index in [4.69, 9.17) is 14.7 Å². The second-order valence-corrected chi connectivity index (χ2v) is 10.2. The van der Waals surface area contributed by atoms with E-state index in [-0.39, 0.29) is 24.5 Å². The predicted octanol–water partition coefficient (Wildman–Crippen LogP) is 4.91. The summed E-state index contributed by atoms with van der Waals surface area (Å²) in [6.45, 7) is 8.08. The Morgan fingerprint density at radius 2 is 1.95 bits per heavy atom. The zero-order valence-electron chi connectivity index (χ0n) is 21.9. The summed E-state index contributed by atoms with van der Waals surface area (Å²) >= 11 is 0. The molecule has 2 amide bonds. The molecule has 1 aliphatic rings. The van der Waals surface area contributed by atoms with Crippen molar-refractivity contribution in [1.29, 1.82) is 5.26 Å². The molecule has 8 heteroatoms. The first kappa shape index (κ1) is 27.8. The van der Waals surface area contributed by atoms with E-state index in [1.165, 1.54) is 6.92 Å². The molecule has 1 saturated heterocycles. The van der Waals surface area contributed by atoms with E-state index in [2.05, 4.69) is 11.4 Å². The number of amides is 2. The minimum atomic E-state index is -0.814. The van der Waals surface area contributed by atoms with Crippen molar-refractivity contribution in [1.82, 2.24) is 4.90 Å². The fourth-order valence-electron chi connectivity index (χ4n) is 4.03. The molecule has 8 nitrogen and oxygen atoms in total. The number of aliphatic hydroxyl groups excluding tert-OH is 1. The highest BCUT2D eigenvalue weighted by Gasteiger charge is 2.27. The maximum Gasteiger partial charge on any atom is 0.410 e. The monoisotopic (exact) mass is 505 g/mol. The van der Waals surface area contributed by atoms with Crippen molar-refractivity contribution in [3.05, 3.63) is 65.2 Å². The predicted molar refractivity (Wildman–Crippen MR) is 142 cm³/mol. The van der Waals surface area contributed by atoms with Crippen LogP contribution in [0.2, 0.25) is 0 Å². The molecule has 196 valence electrons. The van der Waals surface area contributed by atoms with Crippen molar-refractivity contribution >= 4 is 23.8 Å². The van der Waals surface area contributed by atoms with Gasteiger partial charge in [0.25, 0.3) is 0 Å². The number of anilines is 1. The Morgan fingerprint density at radius 1 is 1.22 bits per heavy atom. The van der Waals surface area contributed by atoms with E-state index >= 15 is 0 Å². The van der Waals surface area contributed by atoms with Crippen molar-refractivity contribution in [3.8, 4) is 11.8 Å². The Kier molecular flexibility index (Phi) is 9.31. The summed E-state index contributed by atoms with van der Waals surface area (Å²) in [4.78, 5) is 25.7. The van der Waals surface area contributed by atoms with E-state index in [0.717, 1.165) is 11.1 Å². The molecular weight excluding hydrogens is 470 g/mol. The minimum Gasteiger partial charge on any atom is -0.490 e. The van der Waals surface area contributed by atoms with Gasteiger partial charge in [-0.15, -0.1) is 0 Å². The molecule has 1 atom stereocenters. The second-order valence-electron chi connectivity index (χ2n) is 10.2. The lowest BCUT2D eigenvalue weighted by Crippen LogP contribution is -2.44. The number of piperidine rings is 1. The van der Waals surface area contributed by atoms with Crippen LogP contribution in [0.25, 0.3) is 6.08 Å². The van der Waals surface area contributed by atoms with Gasteiger partial charge in [0, 0.05) is 45.0 Å². The van der Waals surface area contributed by atoms with Gasteiger partial charge in [0.05, 0.1) is 17.7 Å². The number of aliphatic hydroxyl groups is 1. The van der Waals surface area contributed by atoms with Gasteiger partial charge >= 0.3 is 6.09 Å².